The molecule has 0 aromatic carbocycles. The molecule has 4 heteroatoms. The normalized spacial score (nSPS) is 9.75. The van der Waals surface area contributed by atoms with Crippen LogP contribution in [0, 0.1) is 5.92 Å². The van der Waals surface area contributed by atoms with Crippen LogP contribution in [0.2, 0.25) is 0 Å². The summed E-state index contributed by atoms with van der Waals surface area (Å²) < 4.78 is 0. The summed E-state index contributed by atoms with van der Waals surface area (Å²) in [5, 5.41) is 2.39. The van der Waals surface area contributed by atoms with Gasteiger partial charge in [0, 0.05) is 20.5 Å². The highest BCUT2D eigenvalue weighted by Crippen LogP contribution is 2.02. The van der Waals surface area contributed by atoms with Crippen LogP contribution in [0.4, 0.5) is 4.79 Å². The average molecular weight is 172 g/mol. The molecule has 3 amide bonds. The van der Waals surface area contributed by atoms with Crippen molar-refractivity contribution < 1.29 is 9.59 Å². The second-order valence-electron chi connectivity index (χ2n) is 3.11. The molecule has 0 atom stereocenters. The molecular weight excluding hydrogens is 156 g/mol. The zero-order valence-electron chi connectivity index (χ0n) is 8.05. The number of urea groups is 1. The van der Waals surface area contributed by atoms with Gasteiger partial charge in [0.1, 0.15) is 0 Å². The van der Waals surface area contributed by atoms with Gasteiger partial charge in [-0.1, -0.05) is 13.8 Å². The number of nitrogens with one attached hydrogen (secondary N) is 1. The van der Waals surface area contributed by atoms with Crippen LogP contribution in [-0.4, -0.2) is 30.9 Å². The molecule has 70 valence electrons. The lowest BCUT2D eigenvalue weighted by atomic mass is 10.1. The number of imide groups is 1. The highest BCUT2D eigenvalue weighted by atomic mass is 16.2. The maximum Gasteiger partial charge on any atom is 0.323 e. The smallest absolute Gasteiger partial charge is 0.323 e. The van der Waals surface area contributed by atoms with E-state index in [1.807, 2.05) is 13.8 Å². The Hall–Kier alpha value is -1.06. The van der Waals surface area contributed by atoms with E-state index in [1.54, 1.807) is 0 Å². The van der Waals surface area contributed by atoms with Crippen LogP contribution >= 0.6 is 0 Å². The largest absolute Gasteiger partial charge is 0.341 e. The second kappa shape index (κ2) is 4.74. The second-order valence-corrected chi connectivity index (χ2v) is 3.11. The zero-order valence-corrected chi connectivity index (χ0v) is 8.05. The third-order valence-electron chi connectivity index (χ3n) is 1.48. The number of carbonyl (C=O) groups excluding carboxylic acids is 2. The van der Waals surface area contributed by atoms with Gasteiger partial charge in [0.25, 0.3) is 0 Å². The van der Waals surface area contributed by atoms with E-state index in [2.05, 4.69) is 5.32 Å². The van der Waals surface area contributed by atoms with E-state index in [1.165, 1.54) is 14.1 Å². The third kappa shape index (κ3) is 3.37. The molecule has 0 aromatic rings. The molecule has 0 saturated carbocycles. The van der Waals surface area contributed by atoms with Crippen LogP contribution in [-0.2, 0) is 4.79 Å². The van der Waals surface area contributed by atoms with Crippen molar-refractivity contribution in [1.82, 2.24) is 10.2 Å². The molecule has 0 fully saturated rings. The minimum Gasteiger partial charge on any atom is -0.341 e. The first-order valence-electron chi connectivity index (χ1n) is 3.97. The predicted octanol–water partition coefficient (Wildman–Crippen LogP) is 0.830. The molecule has 0 bridgehead atoms. The monoisotopic (exact) mass is 172 g/mol. The van der Waals surface area contributed by atoms with E-state index < -0.39 is 0 Å². The number of amides is 3. The van der Waals surface area contributed by atoms with Crippen molar-refractivity contribution in [3.63, 3.8) is 0 Å². The van der Waals surface area contributed by atoms with E-state index in [4.69, 9.17) is 0 Å². The Morgan fingerprint density at radius 2 is 1.92 bits per heavy atom. The minimum absolute atomic E-state index is 0.149. The zero-order chi connectivity index (χ0) is 9.72. The number of hydrogen-bond acceptors (Lipinski definition) is 2. The Kier molecular flexibility index (Phi) is 4.33. The highest BCUT2D eigenvalue weighted by molar-refractivity contribution is 5.93. The lowest BCUT2D eigenvalue weighted by Crippen LogP contribution is -2.39. The SMILES string of the molecule is CNC(=O)N(C)C(=O)CC(C)C. The van der Waals surface area contributed by atoms with Gasteiger partial charge in [0.15, 0.2) is 0 Å². The maximum absolute atomic E-state index is 11.2. The van der Waals surface area contributed by atoms with Crippen LogP contribution in [0.3, 0.4) is 0 Å². The van der Waals surface area contributed by atoms with Crippen LogP contribution in [0.25, 0.3) is 0 Å². The van der Waals surface area contributed by atoms with E-state index in [-0.39, 0.29) is 17.9 Å². The van der Waals surface area contributed by atoms with Crippen molar-refractivity contribution in [1.29, 1.82) is 0 Å². The van der Waals surface area contributed by atoms with Gasteiger partial charge in [-0.05, 0) is 5.92 Å². The number of carbonyl (C=O) groups is 2. The summed E-state index contributed by atoms with van der Waals surface area (Å²) in [7, 11) is 2.98. The van der Waals surface area contributed by atoms with E-state index in [0.717, 1.165) is 4.90 Å². The lowest BCUT2D eigenvalue weighted by Gasteiger charge is -2.15. The van der Waals surface area contributed by atoms with Crippen molar-refractivity contribution in [2.45, 2.75) is 20.3 Å². The summed E-state index contributed by atoms with van der Waals surface area (Å²) in [6.07, 6.45) is 0.407. The molecule has 0 aromatic heterocycles. The molecule has 0 rings (SSSR count). The van der Waals surface area contributed by atoms with Gasteiger partial charge < -0.3 is 5.32 Å². The summed E-state index contributed by atoms with van der Waals surface area (Å²) in [6.45, 7) is 3.88. The average Bonchev–Trinajstić information content (AvgIpc) is 2.00. The van der Waals surface area contributed by atoms with Crippen molar-refractivity contribution in [3.8, 4) is 0 Å². The molecule has 0 aliphatic rings. The Morgan fingerprint density at radius 1 is 1.42 bits per heavy atom. The quantitative estimate of drug-likeness (QED) is 0.670. The van der Waals surface area contributed by atoms with Crippen LogP contribution in [0.15, 0.2) is 0 Å². The third-order valence-corrected chi connectivity index (χ3v) is 1.48. The van der Waals surface area contributed by atoms with Crippen molar-refractivity contribution in [3.05, 3.63) is 0 Å². The molecule has 12 heavy (non-hydrogen) atoms. The van der Waals surface area contributed by atoms with Gasteiger partial charge in [-0.3, -0.25) is 9.69 Å². The topological polar surface area (TPSA) is 49.4 Å². The molecule has 4 nitrogen and oxygen atoms in total. The van der Waals surface area contributed by atoms with Crippen molar-refractivity contribution in [2.24, 2.45) is 5.92 Å². The van der Waals surface area contributed by atoms with Crippen LogP contribution < -0.4 is 5.32 Å². The first kappa shape index (κ1) is 10.9. The molecule has 0 spiro atoms. The van der Waals surface area contributed by atoms with Gasteiger partial charge in [-0.15, -0.1) is 0 Å². The van der Waals surface area contributed by atoms with Gasteiger partial charge in [0.05, 0.1) is 0 Å². The van der Waals surface area contributed by atoms with Crippen molar-refractivity contribution in [2.75, 3.05) is 14.1 Å². The summed E-state index contributed by atoms with van der Waals surface area (Å²) in [4.78, 5) is 23.2. The van der Waals surface area contributed by atoms with Gasteiger partial charge >= 0.3 is 6.03 Å². The number of rotatable bonds is 2. The first-order valence-corrected chi connectivity index (χ1v) is 3.97. The fraction of sp³-hybridized carbons (Fsp3) is 0.750. The van der Waals surface area contributed by atoms with E-state index >= 15 is 0 Å². The summed E-state index contributed by atoms with van der Waals surface area (Å²) in [6, 6.07) is -0.361. The Morgan fingerprint density at radius 3 is 2.25 bits per heavy atom. The Bertz CT molecular complexity index is 178. The number of hydrogen-bond donors (Lipinski definition) is 1. The standard InChI is InChI=1S/C8H16N2O2/c1-6(2)5-7(11)10(4)8(12)9-3/h6H,5H2,1-4H3,(H,9,12). The Labute approximate surface area is 72.9 Å². The van der Waals surface area contributed by atoms with Crippen LogP contribution in [0.1, 0.15) is 20.3 Å². The van der Waals surface area contributed by atoms with Gasteiger partial charge in [0.2, 0.25) is 5.91 Å². The molecule has 0 aliphatic heterocycles. The van der Waals surface area contributed by atoms with Crippen molar-refractivity contribution >= 4 is 11.9 Å². The fourth-order valence-corrected chi connectivity index (χ4v) is 0.767. The van der Waals surface area contributed by atoms with Crippen LogP contribution in [0.5, 0.6) is 0 Å². The molecule has 0 aliphatic carbocycles. The van der Waals surface area contributed by atoms with Gasteiger partial charge in [-0.2, -0.15) is 0 Å². The highest BCUT2D eigenvalue weighted by Gasteiger charge is 2.15. The van der Waals surface area contributed by atoms with Gasteiger partial charge in [-0.25, -0.2) is 4.79 Å². The molecule has 0 unspecified atom stereocenters. The molecular formula is C8H16N2O2. The first-order chi connectivity index (χ1) is 5.49. The van der Waals surface area contributed by atoms with E-state index in [9.17, 15) is 9.59 Å². The fourth-order valence-electron chi connectivity index (χ4n) is 0.767. The minimum atomic E-state index is -0.361. The number of nitrogens with zero attached hydrogens (tertiary/aromatic N) is 1. The summed E-state index contributed by atoms with van der Waals surface area (Å²) in [5.74, 6) is 0.133. The van der Waals surface area contributed by atoms with E-state index in [0.29, 0.717) is 6.42 Å². The molecule has 0 saturated heterocycles. The summed E-state index contributed by atoms with van der Waals surface area (Å²) in [5.41, 5.74) is 0. The molecule has 0 heterocycles. The lowest BCUT2D eigenvalue weighted by molar-refractivity contribution is -0.127. The Balaban J connectivity index is 4.01. The summed E-state index contributed by atoms with van der Waals surface area (Å²) >= 11 is 0. The predicted molar refractivity (Wildman–Crippen MR) is 46.7 cm³/mol. The molecule has 0 radical (unpaired) electrons. The maximum atomic E-state index is 11.2. The molecule has 1 N–H and O–H groups in total.